The van der Waals surface area contributed by atoms with Gasteiger partial charge >= 0.3 is 0 Å². The van der Waals surface area contributed by atoms with Crippen LogP contribution in [0, 0.1) is 5.92 Å². The third kappa shape index (κ3) is 4.83. The molecule has 1 fully saturated rings. The number of hydrogen-bond donors (Lipinski definition) is 1. The van der Waals surface area contributed by atoms with E-state index in [0.717, 1.165) is 10.2 Å². The van der Waals surface area contributed by atoms with Crippen molar-refractivity contribution in [2.75, 3.05) is 6.61 Å². The average Bonchev–Trinajstić information content (AvgIpc) is 3.38. The predicted octanol–water partition coefficient (Wildman–Crippen LogP) is 4.49. The lowest BCUT2D eigenvalue weighted by Gasteiger charge is -2.19. The molecule has 1 aliphatic carbocycles. The molecule has 23 heavy (non-hydrogen) atoms. The highest BCUT2D eigenvalue weighted by Crippen LogP contribution is 2.40. The second-order valence-electron chi connectivity index (χ2n) is 5.85. The van der Waals surface area contributed by atoms with Gasteiger partial charge in [-0.3, -0.25) is 4.79 Å². The fourth-order valence-corrected chi connectivity index (χ4v) is 3.01. The normalized spacial score (nSPS) is 15.0. The molecule has 120 valence electrons. The predicted molar refractivity (Wildman–Crippen MR) is 94.3 cm³/mol. The van der Waals surface area contributed by atoms with Crippen LogP contribution in [0.25, 0.3) is 0 Å². The van der Waals surface area contributed by atoms with E-state index in [1.165, 1.54) is 18.4 Å². The molecule has 2 aromatic rings. The van der Waals surface area contributed by atoms with E-state index in [0.29, 0.717) is 18.9 Å². The fourth-order valence-electron chi connectivity index (χ4n) is 2.63. The molecule has 1 saturated carbocycles. The van der Waals surface area contributed by atoms with Gasteiger partial charge < -0.3 is 10.1 Å². The van der Waals surface area contributed by atoms with E-state index in [4.69, 9.17) is 4.74 Å². The van der Waals surface area contributed by atoms with Gasteiger partial charge in [0.05, 0.1) is 19.1 Å². The number of halogens is 1. The van der Waals surface area contributed by atoms with Crippen LogP contribution in [0.2, 0.25) is 0 Å². The summed E-state index contributed by atoms with van der Waals surface area (Å²) in [6.07, 6.45) is 2.74. The Kier molecular flexibility index (Phi) is 5.34. The molecule has 0 aromatic heterocycles. The number of carbonyl (C=O) groups excluding carboxylic acids is 1. The molecule has 1 atom stereocenters. The smallest absolute Gasteiger partial charge is 0.223 e. The summed E-state index contributed by atoms with van der Waals surface area (Å²) in [5.74, 6) is 1.39. The monoisotopic (exact) mass is 373 g/mol. The van der Waals surface area contributed by atoms with Crippen LogP contribution in [0.3, 0.4) is 0 Å². The number of hydrogen-bond acceptors (Lipinski definition) is 2. The Labute approximate surface area is 145 Å². The number of amides is 1. The molecular formula is C19H20BrNO2. The molecule has 1 N–H and O–H groups in total. The van der Waals surface area contributed by atoms with Crippen molar-refractivity contribution in [1.29, 1.82) is 0 Å². The summed E-state index contributed by atoms with van der Waals surface area (Å²) in [6, 6.07) is 18.0. The van der Waals surface area contributed by atoms with Crippen molar-refractivity contribution in [2.24, 2.45) is 5.92 Å². The Hall–Kier alpha value is -1.81. The fraction of sp³-hybridized carbons (Fsp3) is 0.316. The van der Waals surface area contributed by atoms with Crippen LogP contribution in [0.15, 0.2) is 59.1 Å². The van der Waals surface area contributed by atoms with E-state index in [-0.39, 0.29) is 11.9 Å². The quantitative estimate of drug-likeness (QED) is 0.776. The summed E-state index contributed by atoms with van der Waals surface area (Å²) in [5, 5.41) is 3.16. The maximum Gasteiger partial charge on any atom is 0.223 e. The third-order valence-electron chi connectivity index (χ3n) is 3.96. The molecule has 0 heterocycles. The minimum absolute atomic E-state index is 0.0424. The molecule has 1 aliphatic rings. The van der Waals surface area contributed by atoms with Gasteiger partial charge in [0.2, 0.25) is 5.91 Å². The molecule has 0 radical (unpaired) electrons. The van der Waals surface area contributed by atoms with Gasteiger partial charge in [0.1, 0.15) is 5.75 Å². The zero-order valence-electron chi connectivity index (χ0n) is 12.9. The highest BCUT2D eigenvalue weighted by atomic mass is 79.9. The first kappa shape index (κ1) is 16.1. The SMILES string of the molecule is O=C(CCOc1cccc(Br)c1)NC(c1ccccc1)C1CC1. The lowest BCUT2D eigenvalue weighted by Crippen LogP contribution is -2.30. The van der Waals surface area contributed by atoms with Crippen LogP contribution in [-0.2, 0) is 4.79 Å². The van der Waals surface area contributed by atoms with Crippen molar-refractivity contribution in [1.82, 2.24) is 5.32 Å². The standard InChI is InChI=1S/C19H20BrNO2/c20-16-7-4-8-17(13-16)23-12-11-18(22)21-19(15-9-10-15)14-5-2-1-3-6-14/h1-8,13,15,19H,9-12H2,(H,21,22). The summed E-state index contributed by atoms with van der Waals surface area (Å²) in [7, 11) is 0. The van der Waals surface area contributed by atoms with Gasteiger partial charge in [0, 0.05) is 4.47 Å². The van der Waals surface area contributed by atoms with Crippen LogP contribution in [0.4, 0.5) is 0 Å². The van der Waals surface area contributed by atoms with Crippen molar-refractivity contribution < 1.29 is 9.53 Å². The Morgan fingerprint density at radius 2 is 1.96 bits per heavy atom. The zero-order valence-corrected chi connectivity index (χ0v) is 14.5. The molecule has 1 amide bonds. The summed E-state index contributed by atoms with van der Waals surface area (Å²) in [5.41, 5.74) is 1.19. The van der Waals surface area contributed by atoms with Gasteiger partial charge in [-0.15, -0.1) is 0 Å². The molecular weight excluding hydrogens is 354 g/mol. The number of nitrogens with one attached hydrogen (secondary N) is 1. The molecule has 3 nitrogen and oxygen atoms in total. The number of carbonyl (C=O) groups is 1. The second-order valence-corrected chi connectivity index (χ2v) is 6.76. The van der Waals surface area contributed by atoms with Crippen LogP contribution < -0.4 is 10.1 Å². The van der Waals surface area contributed by atoms with Crippen LogP contribution >= 0.6 is 15.9 Å². The second kappa shape index (κ2) is 7.64. The number of ether oxygens (including phenoxy) is 1. The van der Waals surface area contributed by atoms with Crippen LogP contribution in [-0.4, -0.2) is 12.5 Å². The Morgan fingerprint density at radius 3 is 2.65 bits per heavy atom. The highest BCUT2D eigenvalue weighted by molar-refractivity contribution is 9.10. The van der Waals surface area contributed by atoms with E-state index < -0.39 is 0 Å². The summed E-state index contributed by atoms with van der Waals surface area (Å²) in [6.45, 7) is 0.383. The Balaban J connectivity index is 1.50. The minimum Gasteiger partial charge on any atom is -0.493 e. The minimum atomic E-state index is 0.0424. The van der Waals surface area contributed by atoms with E-state index in [2.05, 4.69) is 33.4 Å². The summed E-state index contributed by atoms with van der Waals surface area (Å²) in [4.78, 5) is 12.2. The van der Waals surface area contributed by atoms with Gasteiger partial charge in [0.15, 0.2) is 0 Å². The molecule has 0 aliphatic heterocycles. The summed E-state index contributed by atoms with van der Waals surface area (Å²) < 4.78 is 6.60. The Bertz CT molecular complexity index is 655. The van der Waals surface area contributed by atoms with E-state index in [1.54, 1.807) is 0 Å². The van der Waals surface area contributed by atoms with Crippen molar-refractivity contribution in [3.63, 3.8) is 0 Å². The largest absolute Gasteiger partial charge is 0.493 e. The topological polar surface area (TPSA) is 38.3 Å². The van der Waals surface area contributed by atoms with Gasteiger partial charge in [-0.1, -0.05) is 52.3 Å². The molecule has 0 bridgehead atoms. The van der Waals surface area contributed by atoms with E-state index in [9.17, 15) is 4.79 Å². The van der Waals surface area contributed by atoms with Crippen molar-refractivity contribution in [3.8, 4) is 5.75 Å². The van der Waals surface area contributed by atoms with Gasteiger partial charge in [-0.05, 0) is 42.5 Å². The third-order valence-corrected chi connectivity index (χ3v) is 4.46. The van der Waals surface area contributed by atoms with Gasteiger partial charge in [-0.2, -0.15) is 0 Å². The Morgan fingerprint density at radius 1 is 1.17 bits per heavy atom. The average molecular weight is 374 g/mol. The summed E-state index contributed by atoms with van der Waals surface area (Å²) >= 11 is 3.41. The molecule has 0 saturated heterocycles. The molecule has 1 unspecified atom stereocenters. The molecule has 3 rings (SSSR count). The van der Waals surface area contributed by atoms with Gasteiger partial charge in [0.25, 0.3) is 0 Å². The van der Waals surface area contributed by atoms with E-state index in [1.807, 2.05) is 42.5 Å². The highest BCUT2D eigenvalue weighted by Gasteiger charge is 2.33. The van der Waals surface area contributed by atoms with Crippen molar-refractivity contribution in [2.45, 2.75) is 25.3 Å². The van der Waals surface area contributed by atoms with Crippen molar-refractivity contribution in [3.05, 3.63) is 64.6 Å². The van der Waals surface area contributed by atoms with Crippen LogP contribution in [0.5, 0.6) is 5.75 Å². The first-order valence-corrected chi connectivity index (χ1v) is 8.74. The van der Waals surface area contributed by atoms with Crippen LogP contribution in [0.1, 0.15) is 30.9 Å². The lowest BCUT2D eigenvalue weighted by atomic mass is 10.0. The van der Waals surface area contributed by atoms with E-state index >= 15 is 0 Å². The number of rotatable bonds is 7. The number of benzene rings is 2. The van der Waals surface area contributed by atoms with Crippen molar-refractivity contribution >= 4 is 21.8 Å². The lowest BCUT2D eigenvalue weighted by molar-refractivity contribution is -0.122. The van der Waals surface area contributed by atoms with Gasteiger partial charge in [-0.25, -0.2) is 0 Å². The zero-order chi connectivity index (χ0) is 16.1. The molecule has 4 heteroatoms. The molecule has 2 aromatic carbocycles. The maximum atomic E-state index is 12.2. The maximum absolute atomic E-state index is 12.2. The first-order valence-electron chi connectivity index (χ1n) is 7.95. The first-order chi connectivity index (χ1) is 11.2. The molecule has 0 spiro atoms.